The maximum atomic E-state index is 10.2. The highest BCUT2D eigenvalue weighted by molar-refractivity contribution is 5.21. The van der Waals surface area contributed by atoms with Gasteiger partial charge in [0.2, 0.25) is 0 Å². The van der Waals surface area contributed by atoms with Crippen LogP contribution in [-0.4, -0.2) is 5.11 Å². The van der Waals surface area contributed by atoms with Gasteiger partial charge in [0.25, 0.3) is 0 Å². The minimum atomic E-state index is -0.383. The van der Waals surface area contributed by atoms with Gasteiger partial charge in [0.1, 0.15) is 0 Å². The van der Waals surface area contributed by atoms with Crippen LogP contribution < -0.4 is 0 Å². The van der Waals surface area contributed by atoms with Crippen molar-refractivity contribution in [1.29, 1.82) is 0 Å². The minimum Gasteiger partial charge on any atom is -0.388 e. The number of hydrogen-bond donors (Lipinski definition) is 1. The van der Waals surface area contributed by atoms with Crippen LogP contribution in [0.25, 0.3) is 0 Å². The first-order chi connectivity index (χ1) is 8.27. The molecule has 0 aliphatic rings. The van der Waals surface area contributed by atoms with E-state index < -0.39 is 0 Å². The fourth-order valence-corrected chi connectivity index (χ4v) is 2.06. The van der Waals surface area contributed by atoms with Crippen LogP contribution in [0.3, 0.4) is 0 Å². The van der Waals surface area contributed by atoms with Gasteiger partial charge in [-0.15, -0.1) is 0 Å². The van der Waals surface area contributed by atoms with Crippen LogP contribution in [0.1, 0.15) is 36.5 Å². The first-order valence-corrected chi connectivity index (χ1v) is 6.05. The van der Waals surface area contributed by atoms with Crippen LogP contribution in [-0.2, 0) is 0 Å². The summed E-state index contributed by atoms with van der Waals surface area (Å²) in [5.41, 5.74) is 2.28. The highest BCUT2D eigenvalue weighted by Gasteiger charge is 2.13. The van der Waals surface area contributed by atoms with Crippen LogP contribution in [0.4, 0.5) is 0 Å². The zero-order chi connectivity index (χ0) is 12.1. The molecule has 0 aromatic heterocycles. The Bertz CT molecular complexity index is 392. The first kappa shape index (κ1) is 11.9. The monoisotopic (exact) mass is 226 g/mol. The normalized spacial score (nSPS) is 14.2. The van der Waals surface area contributed by atoms with E-state index in [1.165, 1.54) is 5.56 Å². The molecule has 88 valence electrons. The van der Waals surface area contributed by atoms with Crippen molar-refractivity contribution in [2.24, 2.45) is 0 Å². The predicted octanol–water partition coefficient (Wildman–Crippen LogP) is 3.91. The second kappa shape index (κ2) is 5.65. The lowest BCUT2D eigenvalue weighted by molar-refractivity contribution is 0.159. The van der Waals surface area contributed by atoms with E-state index in [1.54, 1.807) is 0 Å². The highest BCUT2D eigenvalue weighted by Crippen LogP contribution is 2.27. The Kier molecular flexibility index (Phi) is 3.94. The van der Waals surface area contributed by atoms with Gasteiger partial charge >= 0.3 is 0 Å². The van der Waals surface area contributed by atoms with Crippen molar-refractivity contribution in [1.82, 2.24) is 0 Å². The summed E-state index contributed by atoms with van der Waals surface area (Å²) in [5, 5.41) is 10.2. The second-order valence-corrected chi connectivity index (χ2v) is 4.47. The van der Waals surface area contributed by atoms with Crippen molar-refractivity contribution in [3.63, 3.8) is 0 Å². The van der Waals surface area contributed by atoms with Gasteiger partial charge in [-0.1, -0.05) is 67.6 Å². The summed E-state index contributed by atoms with van der Waals surface area (Å²) in [4.78, 5) is 0. The first-order valence-electron chi connectivity index (χ1n) is 6.05. The third kappa shape index (κ3) is 3.18. The van der Waals surface area contributed by atoms with E-state index >= 15 is 0 Å². The average molecular weight is 226 g/mol. The Morgan fingerprint density at radius 3 is 1.82 bits per heavy atom. The summed E-state index contributed by atoms with van der Waals surface area (Å²) in [6, 6.07) is 20.2. The SMILES string of the molecule is C[C@@H](C[C@@H](O)c1ccccc1)c1ccccc1. The minimum absolute atomic E-state index is 0.367. The number of benzene rings is 2. The summed E-state index contributed by atoms with van der Waals surface area (Å²) in [7, 11) is 0. The molecule has 1 nitrogen and oxygen atoms in total. The molecule has 2 atom stereocenters. The molecule has 0 fully saturated rings. The van der Waals surface area contributed by atoms with Gasteiger partial charge in [-0.05, 0) is 23.5 Å². The van der Waals surface area contributed by atoms with Crippen molar-refractivity contribution in [2.75, 3.05) is 0 Å². The van der Waals surface area contributed by atoms with Crippen molar-refractivity contribution in [3.8, 4) is 0 Å². The summed E-state index contributed by atoms with van der Waals surface area (Å²) in [6.45, 7) is 2.15. The van der Waals surface area contributed by atoms with Gasteiger partial charge < -0.3 is 5.11 Å². The van der Waals surface area contributed by atoms with Crippen LogP contribution in [0.5, 0.6) is 0 Å². The van der Waals surface area contributed by atoms with Gasteiger partial charge in [0, 0.05) is 0 Å². The second-order valence-electron chi connectivity index (χ2n) is 4.47. The van der Waals surface area contributed by atoms with E-state index in [0.29, 0.717) is 5.92 Å². The predicted molar refractivity (Wildman–Crippen MR) is 70.9 cm³/mol. The summed E-state index contributed by atoms with van der Waals surface area (Å²) >= 11 is 0. The maximum absolute atomic E-state index is 10.2. The molecule has 0 amide bonds. The number of rotatable bonds is 4. The van der Waals surface area contributed by atoms with Gasteiger partial charge in [-0.3, -0.25) is 0 Å². The third-order valence-electron chi connectivity index (χ3n) is 3.13. The maximum Gasteiger partial charge on any atom is 0.0795 e. The van der Waals surface area contributed by atoms with Crippen LogP contribution in [0.15, 0.2) is 60.7 Å². The Balaban J connectivity index is 2.02. The molecular formula is C16H18O. The molecule has 0 spiro atoms. The molecule has 2 rings (SSSR count). The molecular weight excluding hydrogens is 208 g/mol. The van der Waals surface area contributed by atoms with E-state index in [9.17, 15) is 5.11 Å². The molecule has 0 aliphatic carbocycles. The average Bonchev–Trinajstić information content (AvgIpc) is 2.40. The molecule has 0 heterocycles. The molecule has 0 radical (unpaired) electrons. The van der Waals surface area contributed by atoms with Crippen molar-refractivity contribution in [2.45, 2.75) is 25.4 Å². The van der Waals surface area contributed by atoms with Gasteiger partial charge in [0.15, 0.2) is 0 Å². The van der Waals surface area contributed by atoms with Crippen molar-refractivity contribution < 1.29 is 5.11 Å². The quantitative estimate of drug-likeness (QED) is 0.838. The zero-order valence-electron chi connectivity index (χ0n) is 10.1. The molecule has 17 heavy (non-hydrogen) atoms. The molecule has 1 heteroatoms. The summed E-state index contributed by atoms with van der Waals surface area (Å²) in [5.74, 6) is 0.367. The van der Waals surface area contributed by atoms with Gasteiger partial charge in [-0.25, -0.2) is 0 Å². The van der Waals surface area contributed by atoms with E-state index in [0.717, 1.165) is 12.0 Å². The lowest BCUT2D eigenvalue weighted by Crippen LogP contribution is -2.03. The third-order valence-corrected chi connectivity index (χ3v) is 3.13. The lowest BCUT2D eigenvalue weighted by atomic mass is 9.92. The molecule has 0 bridgehead atoms. The van der Waals surface area contributed by atoms with Crippen molar-refractivity contribution >= 4 is 0 Å². The highest BCUT2D eigenvalue weighted by atomic mass is 16.3. The fraction of sp³-hybridized carbons (Fsp3) is 0.250. The molecule has 2 aromatic carbocycles. The topological polar surface area (TPSA) is 20.2 Å². The molecule has 2 aromatic rings. The Morgan fingerprint density at radius 1 is 0.824 bits per heavy atom. The number of hydrogen-bond acceptors (Lipinski definition) is 1. The molecule has 0 aliphatic heterocycles. The van der Waals surface area contributed by atoms with Crippen LogP contribution in [0.2, 0.25) is 0 Å². The smallest absolute Gasteiger partial charge is 0.0795 e. The number of aliphatic hydroxyl groups excluding tert-OH is 1. The fourth-order valence-electron chi connectivity index (χ4n) is 2.06. The summed E-state index contributed by atoms with van der Waals surface area (Å²) < 4.78 is 0. The Morgan fingerprint density at radius 2 is 1.29 bits per heavy atom. The van der Waals surface area contributed by atoms with E-state index in [4.69, 9.17) is 0 Å². The van der Waals surface area contributed by atoms with Crippen LogP contribution >= 0.6 is 0 Å². The Labute approximate surface area is 103 Å². The summed E-state index contributed by atoms with van der Waals surface area (Å²) in [6.07, 6.45) is 0.375. The van der Waals surface area contributed by atoms with E-state index in [1.807, 2.05) is 48.5 Å². The molecule has 0 saturated carbocycles. The number of aliphatic hydroxyl groups is 1. The standard InChI is InChI=1S/C16H18O/c1-13(14-8-4-2-5-9-14)12-16(17)15-10-6-3-7-11-15/h2-11,13,16-17H,12H2,1H3/t13-,16+/m0/s1. The molecule has 0 saturated heterocycles. The molecule has 0 unspecified atom stereocenters. The van der Waals surface area contributed by atoms with E-state index in [-0.39, 0.29) is 6.10 Å². The van der Waals surface area contributed by atoms with Gasteiger partial charge in [-0.2, -0.15) is 0 Å². The van der Waals surface area contributed by atoms with Gasteiger partial charge in [0.05, 0.1) is 6.10 Å². The van der Waals surface area contributed by atoms with E-state index in [2.05, 4.69) is 19.1 Å². The van der Waals surface area contributed by atoms with Crippen molar-refractivity contribution in [3.05, 3.63) is 71.8 Å². The zero-order valence-corrected chi connectivity index (χ0v) is 10.1. The lowest BCUT2D eigenvalue weighted by Gasteiger charge is -2.17. The largest absolute Gasteiger partial charge is 0.388 e. The molecule has 1 N–H and O–H groups in total. The Hall–Kier alpha value is -1.60. The van der Waals surface area contributed by atoms with Crippen LogP contribution in [0, 0.1) is 0 Å².